The largest absolute Gasteiger partial charge is 0.385 e. The van der Waals surface area contributed by atoms with Crippen molar-refractivity contribution in [3.63, 3.8) is 0 Å². The van der Waals surface area contributed by atoms with E-state index in [2.05, 4.69) is 18.3 Å². The van der Waals surface area contributed by atoms with E-state index in [9.17, 15) is 0 Å². The lowest BCUT2D eigenvalue weighted by atomic mass is 10.0. The summed E-state index contributed by atoms with van der Waals surface area (Å²) < 4.78 is 0. The lowest BCUT2D eigenvalue weighted by Gasteiger charge is -2.23. The zero-order valence-corrected chi connectivity index (χ0v) is 7.22. The van der Waals surface area contributed by atoms with Crippen LogP contribution in [0.5, 0.6) is 0 Å². The van der Waals surface area contributed by atoms with Gasteiger partial charge >= 0.3 is 0 Å². The van der Waals surface area contributed by atoms with Gasteiger partial charge in [-0.25, -0.2) is 0 Å². The van der Waals surface area contributed by atoms with E-state index in [1.807, 2.05) is 13.0 Å². The predicted octanol–water partition coefficient (Wildman–Crippen LogP) is 1.50. The maximum Gasteiger partial charge on any atom is 0.0995 e. The Morgan fingerprint density at radius 1 is 1.64 bits per heavy atom. The van der Waals surface area contributed by atoms with Crippen LogP contribution in [0.4, 0.5) is 0 Å². The molecule has 1 rings (SSSR count). The fourth-order valence-corrected chi connectivity index (χ4v) is 1.31. The van der Waals surface area contributed by atoms with Gasteiger partial charge in [0.1, 0.15) is 0 Å². The van der Waals surface area contributed by atoms with Gasteiger partial charge in [-0.15, -0.1) is 0 Å². The third-order valence-electron chi connectivity index (χ3n) is 1.96. The van der Waals surface area contributed by atoms with Crippen LogP contribution in [0.1, 0.15) is 26.7 Å². The summed E-state index contributed by atoms with van der Waals surface area (Å²) in [4.78, 5) is 0. The van der Waals surface area contributed by atoms with Crippen LogP contribution in [0.25, 0.3) is 0 Å². The van der Waals surface area contributed by atoms with E-state index in [0.29, 0.717) is 6.04 Å². The van der Waals surface area contributed by atoms with Gasteiger partial charge in [0.25, 0.3) is 0 Å². The molecule has 0 saturated heterocycles. The van der Waals surface area contributed by atoms with Crippen molar-refractivity contribution in [3.8, 4) is 0 Å². The van der Waals surface area contributed by atoms with Crippen LogP contribution in [0.2, 0.25) is 0 Å². The fraction of sp³-hybridized carbons (Fsp3) is 0.556. The van der Waals surface area contributed by atoms with Crippen molar-refractivity contribution < 1.29 is 0 Å². The topological polar surface area (TPSA) is 38.0 Å². The van der Waals surface area contributed by atoms with Crippen molar-refractivity contribution in [3.05, 3.63) is 23.5 Å². The summed E-state index contributed by atoms with van der Waals surface area (Å²) in [7, 11) is 0. The molecule has 62 valence electrons. The molecule has 0 fully saturated rings. The van der Waals surface area contributed by atoms with Crippen LogP contribution in [-0.4, -0.2) is 6.04 Å². The Hall–Kier alpha value is -0.920. The molecule has 3 N–H and O–H groups in total. The van der Waals surface area contributed by atoms with E-state index in [1.54, 1.807) is 0 Å². The van der Waals surface area contributed by atoms with Gasteiger partial charge in [-0.05, 0) is 32.3 Å². The highest BCUT2D eigenvalue weighted by Crippen LogP contribution is 2.16. The van der Waals surface area contributed by atoms with Crippen molar-refractivity contribution in [2.45, 2.75) is 32.7 Å². The molecular weight excluding hydrogens is 136 g/mol. The first-order valence-electron chi connectivity index (χ1n) is 4.12. The van der Waals surface area contributed by atoms with Gasteiger partial charge in [0.2, 0.25) is 0 Å². The van der Waals surface area contributed by atoms with E-state index < -0.39 is 0 Å². The third kappa shape index (κ3) is 2.00. The van der Waals surface area contributed by atoms with Crippen molar-refractivity contribution in [2.24, 2.45) is 5.73 Å². The normalized spacial score (nSPS) is 25.8. The maximum absolute atomic E-state index is 5.77. The van der Waals surface area contributed by atoms with E-state index in [-0.39, 0.29) is 0 Å². The third-order valence-corrected chi connectivity index (χ3v) is 1.96. The molecular formula is C9H16N2. The summed E-state index contributed by atoms with van der Waals surface area (Å²) in [6, 6.07) is 0.531. The molecule has 0 radical (unpaired) electrons. The van der Waals surface area contributed by atoms with Gasteiger partial charge in [0.05, 0.1) is 5.82 Å². The summed E-state index contributed by atoms with van der Waals surface area (Å²) >= 11 is 0. The monoisotopic (exact) mass is 152 g/mol. The summed E-state index contributed by atoms with van der Waals surface area (Å²) in [6.07, 6.45) is 6.39. The average molecular weight is 152 g/mol. The molecule has 0 aliphatic carbocycles. The lowest BCUT2D eigenvalue weighted by Crippen LogP contribution is -2.34. The molecule has 0 saturated carbocycles. The van der Waals surface area contributed by atoms with E-state index in [1.165, 1.54) is 12.0 Å². The number of nitrogens with one attached hydrogen (secondary N) is 1. The zero-order chi connectivity index (χ0) is 8.27. The minimum absolute atomic E-state index is 0.531. The molecule has 0 bridgehead atoms. The number of nitrogens with two attached hydrogens (primary N) is 1. The Balaban J connectivity index is 2.69. The van der Waals surface area contributed by atoms with Crippen LogP contribution >= 0.6 is 0 Å². The fourth-order valence-electron chi connectivity index (χ4n) is 1.31. The molecule has 1 aliphatic rings. The van der Waals surface area contributed by atoms with Gasteiger partial charge in [0.15, 0.2) is 0 Å². The Kier molecular flexibility index (Phi) is 2.58. The second-order valence-electron chi connectivity index (χ2n) is 3.02. The van der Waals surface area contributed by atoms with E-state index in [0.717, 1.165) is 12.2 Å². The smallest absolute Gasteiger partial charge is 0.0995 e. The molecule has 0 amide bonds. The molecule has 0 aromatic rings. The van der Waals surface area contributed by atoms with E-state index >= 15 is 0 Å². The summed E-state index contributed by atoms with van der Waals surface area (Å²) in [6.45, 7) is 4.16. The highest BCUT2D eigenvalue weighted by Gasteiger charge is 2.11. The lowest BCUT2D eigenvalue weighted by molar-refractivity contribution is 0.529. The van der Waals surface area contributed by atoms with Crippen molar-refractivity contribution in [1.82, 2.24) is 5.32 Å². The summed E-state index contributed by atoms with van der Waals surface area (Å²) in [5.41, 5.74) is 7.01. The Bertz CT molecular complexity index is 192. The average Bonchev–Trinajstić information content (AvgIpc) is 1.95. The molecule has 1 heterocycles. The number of hydrogen-bond donors (Lipinski definition) is 2. The van der Waals surface area contributed by atoms with Gasteiger partial charge < -0.3 is 11.1 Å². The van der Waals surface area contributed by atoms with Crippen molar-refractivity contribution in [1.29, 1.82) is 0 Å². The zero-order valence-electron chi connectivity index (χ0n) is 7.22. The van der Waals surface area contributed by atoms with Crippen LogP contribution < -0.4 is 11.1 Å². The second kappa shape index (κ2) is 3.46. The molecule has 0 aromatic carbocycles. The highest BCUT2D eigenvalue weighted by molar-refractivity contribution is 5.25. The van der Waals surface area contributed by atoms with Gasteiger partial charge in [-0.2, -0.15) is 0 Å². The minimum atomic E-state index is 0.531. The summed E-state index contributed by atoms with van der Waals surface area (Å²) in [5, 5.41) is 3.22. The Labute approximate surface area is 68.2 Å². The maximum atomic E-state index is 5.77. The Morgan fingerprint density at radius 2 is 2.36 bits per heavy atom. The van der Waals surface area contributed by atoms with E-state index in [4.69, 9.17) is 5.73 Å². The van der Waals surface area contributed by atoms with Gasteiger partial charge in [0, 0.05) is 6.04 Å². The predicted molar refractivity (Wildman–Crippen MR) is 47.9 cm³/mol. The minimum Gasteiger partial charge on any atom is -0.385 e. The van der Waals surface area contributed by atoms with Crippen LogP contribution in [0, 0.1) is 0 Å². The molecule has 0 spiro atoms. The van der Waals surface area contributed by atoms with Gasteiger partial charge in [-0.1, -0.05) is 12.2 Å². The van der Waals surface area contributed by atoms with Crippen molar-refractivity contribution >= 4 is 0 Å². The molecule has 11 heavy (non-hydrogen) atoms. The Morgan fingerprint density at radius 3 is 2.91 bits per heavy atom. The van der Waals surface area contributed by atoms with Gasteiger partial charge in [-0.3, -0.25) is 0 Å². The summed E-state index contributed by atoms with van der Waals surface area (Å²) in [5.74, 6) is 0.849. The first-order valence-corrected chi connectivity index (χ1v) is 4.12. The second-order valence-corrected chi connectivity index (χ2v) is 3.02. The van der Waals surface area contributed by atoms with Crippen LogP contribution in [0.3, 0.4) is 0 Å². The highest BCUT2D eigenvalue weighted by atomic mass is 15.0. The molecule has 2 heteroatoms. The van der Waals surface area contributed by atoms with Crippen molar-refractivity contribution in [2.75, 3.05) is 0 Å². The molecule has 0 aromatic heterocycles. The van der Waals surface area contributed by atoms with Crippen LogP contribution in [-0.2, 0) is 0 Å². The molecule has 1 atom stereocenters. The molecule has 1 aliphatic heterocycles. The molecule has 1 unspecified atom stereocenters. The number of allylic oxidation sites excluding steroid dienone is 3. The molecule has 2 nitrogen and oxygen atoms in total. The number of hydrogen-bond acceptors (Lipinski definition) is 2. The first kappa shape index (κ1) is 8.18. The van der Waals surface area contributed by atoms with Crippen LogP contribution in [0.15, 0.2) is 23.5 Å². The quantitative estimate of drug-likeness (QED) is 0.597. The number of rotatable bonds is 1. The standard InChI is InChI=1S/C9H16N2/c1-3-4-8-6-5-7(2)11-9(8)10/h3-4,7,11H,5-6,10H2,1-2H3/b4-3-. The first-order chi connectivity index (χ1) is 5.24. The SMILES string of the molecule is C/C=C\C1=C(N)NC(C)CC1.